The molecule has 0 unspecified atom stereocenters. The average Bonchev–Trinajstić information content (AvgIpc) is 3.26. The lowest BCUT2D eigenvalue weighted by Crippen LogP contribution is -2.17. The molecule has 0 amide bonds. The van der Waals surface area contributed by atoms with Gasteiger partial charge in [0, 0.05) is 10.9 Å². The van der Waals surface area contributed by atoms with Gasteiger partial charge in [-0.2, -0.15) is 0 Å². The molecule has 1 aliphatic carbocycles. The van der Waals surface area contributed by atoms with Gasteiger partial charge in [-0.3, -0.25) is 4.79 Å². The zero-order valence-electron chi connectivity index (χ0n) is 12.4. The molecule has 0 bridgehead atoms. The lowest BCUT2D eigenvalue weighted by atomic mass is 10.1. The first-order valence-electron chi connectivity index (χ1n) is 7.41. The zero-order valence-corrected chi connectivity index (χ0v) is 14.0. The minimum atomic E-state index is -3.28. The van der Waals surface area contributed by atoms with Gasteiger partial charge in [0.1, 0.15) is 0 Å². The van der Waals surface area contributed by atoms with E-state index in [2.05, 4.69) is 9.59 Å². The summed E-state index contributed by atoms with van der Waals surface area (Å²) in [5.74, 6) is -0.192. The number of carbonyl (C=O) groups is 1. The molecule has 0 atom stereocenters. The Bertz CT molecular complexity index is 804. The molecule has 7 heteroatoms. The minimum Gasteiger partial charge on any atom is -0.289 e. The Labute approximate surface area is 139 Å². The first kappa shape index (κ1) is 16.0. The van der Waals surface area contributed by atoms with Gasteiger partial charge in [-0.25, -0.2) is 8.42 Å². The van der Waals surface area contributed by atoms with Crippen LogP contribution in [0.15, 0.2) is 40.6 Å². The van der Waals surface area contributed by atoms with Crippen LogP contribution in [0.25, 0.3) is 6.08 Å². The van der Waals surface area contributed by atoms with E-state index in [1.165, 1.54) is 29.7 Å². The summed E-state index contributed by atoms with van der Waals surface area (Å²) in [7, 11) is -3.28. The molecule has 23 heavy (non-hydrogen) atoms. The van der Waals surface area contributed by atoms with Crippen LogP contribution in [0.2, 0.25) is 0 Å². The maximum atomic E-state index is 12.5. The third-order valence-corrected chi connectivity index (χ3v) is 6.79. The van der Waals surface area contributed by atoms with Gasteiger partial charge in [0.25, 0.3) is 0 Å². The maximum absolute atomic E-state index is 12.5. The minimum absolute atomic E-state index is 0.192. The Hall–Kier alpha value is -1.86. The summed E-state index contributed by atoms with van der Waals surface area (Å²) in [6.07, 6.45) is 6.40. The van der Waals surface area contributed by atoms with Crippen molar-refractivity contribution in [2.24, 2.45) is 0 Å². The van der Waals surface area contributed by atoms with Crippen molar-refractivity contribution < 1.29 is 13.2 Å². The Morgan fingerprint density at radius 2 is 1.87 bits per heavy atom. The summed E-state index contributed by atoms with van der Waals surface area (Å²) in [4.78, 5) is 12.4. The van der Waals surface area contributed by atoms with E-state index in [0.717, 1.165) is 25.7 Å². The lowest BCUT2D eigenvalue weighted by Gasteiger charge is -2.11. The molecule has 1 aliphatic rings. The van der Waals surface area contributed by atoms with Crippen LogP contribution in [0.4, 0.5) is 0 Å². The van der Waals surface area contributed by atoms with Gasteiger partial charge in [-0.1, -0.05) is 17.3 Å². The van der Waals surface area contributed by atoms with Crippen molar-refractivity contribution >= 4 is 33.2 Å². The van der Waals surface area contributed by atoms with Gasteiger partial charge in [0.2, 0.25) is 0 Å². The molecule has 1 saturated carbocycles. The van der Waals surface area contributed by atoms with Crippen LogP contribution in [0.1, 0.15) is 41.7 Å². The highest BCUT2D eigenvalue weighted by Gasteiger charge is 2.30. The van der Waals surface area contributed by atoms with Gasteiger partial charge in [-0.15, -0.1) is 5.10 Å². The summed E-state index contributed by atoms with van der Waals surface area (Å²) >= 11 is 1.21. The number of nitrogens with zero attached hydrogens (tertiary/aromatic N) is 2. The molecule has 0 N–H and O–H groups in total. The number of benzene rings is 1. The van der Waals surface area contributed by atoms with Crippen molar-refractivity contribution in [2.75, 3.05) is 0 Å². The molecule has 120 valence electrons. The molecule has 1 heterocycles. The van der Waals surface area contributed by atoms with Crippen LogP contribution in [-0.2, 0) is 9.84 Å². The van der Waals surface area contributed by atoms with Gasteiger partial charge in [-0.05, 0) is 60.8 Å². The van der Waals surface area contributed by atoms with Gasteiger partial charge < -0.3 is 0 Å². The molecule has 5 nitrogen and oxygen atoms in total. The predicted octanol–water partition coefficient (Wildman–Crippen LogP) is 3.15. The fourth-order valence-electron chi connectivity index (χ4n) is 2.70. The molecule has 0 saturated heterocycles. The molecular weight excluding hydrogens is 332 g/mol. The van der Waals surface area contributed by atoms with Crippen LogP contribution < -0.4 is 0 Å². The second kappa shape index (κ2) is 6.72. The Morgan fingerprint density at radius 3 is 2.48 bits per heavy atom. The van der Waals surface area contributed by atoms with Crippen molar-refractivity contribution in [2.45, 2.75) is 35.8 Å². The summed E-state index contributed by atoms with van der Waals surface area (Å²) in [6, 6.07) is 6.18. The van der Waals surface area contributed by atoms with Gasteiger partial charge in [0.05, 0.1) is 15.8 Å². The van der Waals surface area contributed by atoms with Gasteiger partial charge in [0.15, 0.2) is 15.6 Å². The van der Waals surface area contributed by atoms with E-state index in [1.54, 1.807) is 23.6 Å². The number of aromatic nitrogens is 2. The predicted molar refractivity (Wildman–Crippen MR) is 89.2 cm³/mol. The van der Waals surface area contributed by atoms with E-state index in [9.17, 15) is 13.2 Å². The molecule has 3 rings (SSSR count). The third-order valence-electron chi connectivity index (χ3n) is 3.99. The van der Waals surface area contributed by atoms with E-state index < -0.39 is 9.84 Å². The maximum Gasteiger partial charge on any atom is 0.185 e. The standard InChI is InChI=1S/C16H16N2O3S2/c19-16(10-7-13-11-22-18-17-13)12-5-8-15(9-6-12)23(20,21)14-3-1-2-4-14/h5-11,14H,1-4H2/b10-7+. The summed E-state index contributed by atoms with van der Waals surface area (Å²) in [5, 5.41) is 5.28. The molecule has 0 aliphatic heterocycles. The highest BCUT2D eigenvalue weighted by molar-refractivity contribution is 7.92. The topological polar surface area (TPSA) is 77.0 Å². The number of hydrogen-bond acceptors (Lipinski definition) is 6. The smallest absolute Gasteiger partial charge is 0.185 e. The van der Waals surface area contributed by atoms with Crippen molar-refractivity contribution in [3.05, 3.63) is 47.0 Å². The summed E-state index contributed by atoms with van der Waals surface area (Å²) in [6.45, 7) is 0. The van der Waals surface area contributed by atoms with E-state index in [1.807, 2.05) is 0 Å². The first-order valence-corrected chi connectivity index (χ1v) is 9.79. The molecule has 1 aromatic heterocycles. The summed E-state index contributed by atoms with van der Waals surface area (Å²) in [5.41, 5.74) is 1.08. The first-order chi connectivity index (χ1) is 11.1. The lowest BCUT2D eigenvalue weighted by molar-refractivity contribution is 0.104. The monoisotopic (exact) mass is 348 g/mol. The van der Waals surface area contributed by atoms with Crippen LogP contribution >= 0.6 is 11.5 Å². The second-order valence-corrected chi connectivity index (χ2v) is 8.34. The van der Waals surface area contributed by atoms with E-state index in [0.29, 0.717) is 16.2 Å². The third kappa shape index (κ3) is 3.56. The average molecular weight is 348 g/mol. The van der Waals surface area contributed by atoms with E-state index >= 15 is 0 Å². The SMILES string of the molecule is O=C(/C=C/c1csnn1)c1ccc(S(=O)(=O)C2CCCC2)cc1. The number of sulfone groups is 1. The molecule has 0 radical (unpaired) electrons. The zero-order chi connectivity index (χ0) is 16.3. The van der Waals surface area contributed by atoms with Crippen LogP contribution in [0.5, 0.6) is 0 Å². The normalized spacial score (nSPS) is 16.2. The molecule has 1 aromatic carbocycles. The van der Waals surface area contributed by atoms with Crippen LogP contribution in [0.3, 0.4) is 0 Å². The van der Waals surface area contributed by atoms with Crippen molar-refractivity contribution in [3.8, 4) is 0 Å². The number of rotatable bonds is 5. The van der Waals surface area contributed by atoms with E-state index in [-0.39, 0.29) is 11.0 Å². The highest BCUT2D eigenvalue weighted by atomic mass is 32.2. The largest absolute Gasteiger partial charge is 0.289 e. The molecular formula is C16H16N2O3S2. The second-order valence-electron chi connectivity index (χ2n) is 5.50. The quantitative estimate of drug-likeness (QED) is 0.613. The molecule has 0 spiro atoms. The van der Waals surface area contributed by atoms with Crippen molar-refractivity contribution in [3.63, 3.8) is 0 Å². The highest BCUT2D eigenvalue weighted by Crippen LogP contribution is 2.29. The number of carbonyl (C=O) groups excluding carboxylic acids is 1. The van der Waals surface area contributed by atoms with Crippen LogP contribution in [-0.4, -0.2) is 29.0 Å². The van der Waals surface area contributed by atoms with E-state index in [4.69, 9.17) is 0 Å². The number of allylic oxidation sites excluding steroid dienone is 1. The molecule has 2 aromatic rings. The fraction of sp³-hybridized carbons (Fsp3) is 0.312. The Kier molecular flexibility index (Phi) is 4.68. The van der Waals surface area contributed by atoms with Gasteiger partial charge >= 0.3 is 0 Å². The Morgan fingerprint density at radius 1 is 1.17 bits per heavy atom. The van der Waals surface area contributed by atoms with Crippen molar-refractivity contribution in [1.82, 2.24) is 9.59 Å². The number of hydrogen-bond donors (Lipinski definition) is 0. The van der Waals surface area contributed by atoms with Crippen molar-refractivity contribution in [1.29, 1.82) is 0 Å². The Balaban J connectivity index is 1.75. The number of ketones is 1. The fourth-order valence-corrected chi connectivity index (χ4v) is 4.98. The molecule has 1 fully saturated rings. The van der Waals surface area contributed by atoms with Crippen LogP contribution in [0, 0.1) is 0 Å². The summed E-state index contributed by atoms with van der Waals surface area (Å²) < 4.78 is 28.7.